The molecule has 0 aliphatic rings. The van der Waals surface area contributed by atoms with E-state index in [0.29, 0.717) is 11.0 Å². The summed E-state index contributed by atoms with van der Waals surface area (Å²) >= 11 is 0. The molecule has 0 N–H and O–H groups in total. The zero-order valence-electron chi connectivity index (χ0n) is 2.23. The van der Waals surface area contributed by atoms with Crippen molar-refractivity contribution in [2.45, 2.75) is 0 Å². The molecule has 0 aliphatic heterocycles. The summed E-state index contributed by atoms with van der Waals surface area (Å²) in [5.41, 5.74) is 0. The van der Waals surface area contributed by atoms with Crippen LogP contribution in [0.25, 0.3) is 0 Å². The average molecular weight is 212 g/mol. The van der Waals surface area contributed by atoms with Crippen LogP contribution in [0.4, 0.5) is 0 Å². The number of hydrogen-bond donors (Lipinski definition) is 0. The second-order valence-electron chi connectivity index (χ2n) is 0.168. The molecule has 0 atom stereocenters. The fourth-order valence-electron chi connectivity index (χ4n) is 0. The summed E-state index contributed by atoms with van der Waals surface area (Å²) in [7, 11) is 5.38. The molecule has 0 aromatic rings. The third-order valence-electron chi connectivity index (χ3n) is 0.0345. The molecule has 5 heavy (non-hydrogen) atoms. The van der Waals surface area contributed by atoms with Crippen LogP contribution in [0.3, 0.4) is 0 Å². The molecule has 0 amide bonds. The monoisotopic (exact) mass is 213 g/mol. The van der Waals surface area contributed by atoms with E-state index in [2.05, 4.69) is 0 Å². The maximum absolute atomic E-state index is 7.46. The Morgan fingerprint density at radius 3 is 2.00 bits per heavy atom. The van der Waals surface area contributed by atoms with Gasteiger partial charge in [-0.15, -0.1) is 0 Å². The first kappa shape index (κ1) is 9.33. The second kappa shape index (κ2) is 8.87. The molecule has 0 heterocycles. The van der Waals surface area contributed by atoms with Gasteiger partial charge in [-0.3, -0.25) is 0 Å². The van der Waals surface area contributed by atoms with Gasteiger partial charge in [0, 0.05) is 23.9 Å². The first-order chi connectivity index (χ1) is 1.91. The molecule has 1 nitrogen and oxygen atoms in total. The van der Waals surface area contributed by atoms with E-state index in [4.69, 9.17) is 15.9 Å². The predicted octanol–water partition coefficient (Wildman–Crippen LogP) is 0.974. The molecular formula is CClNSSn. The first-order valence-electron chi connectivity index (χ1n) is 0.582. The Morgan fingerprint density at radius 2 is 2.00 bits per heavy atom. The summed E-state index contributed by atoms with van der Waals surface area (Å²) in [6.45, 7) is 0. The van der Waals surface area contributed by atoms with Crippen molar-refractivity contribution in [1.29, 1.82) is 5.26 Å². The quantitative estimate of drug-likeness (QED) is 0.441. The smallest absolute Gasteiger partial charge is 0.150 e. The maximum atomic E-state index is 7.46. The Hall–Kier alpha value is 0.929. The van der Waals surface area contributed by atoms with Crippen LogP contribution < -0.4 is 0 Å². The number of thiocyanates is 1. The summed E-state index contributed by atoms with van der Waals surface area (Å²) in [5.74, 6) is 0. The van der Waals surface area contributed by atoms with Gasteiger partial charge >= 0.3 is 0 Å². The van der Waals surface area contributed by atoms with Crippen molar-refractivity contribution in [3.8, 4) is 5.40 Å². The van der Waals surface area contributed by atoms with Gasteiger partial charge in [0.1, 0.15) is 5.40 Å². The fraction of sp³-hybridized carbons (Fsp3) is 0. The van der Waals surface area contributed by atoms with Gasteiger partial charge in [0.25, 0.3) is 0 Å². The summed E-state index contributed by atoms with van der Waals surface area (Å²) in [6.07, 6.45) is 0. The van der Waals surface area contributed by atoms with Gasteiger partial charge in [0.05, 0.1) is 11.0 Å². The van der Waals surface area contributed by atoms with Crippen LogP contribution >= 0.6 is 21.7 Å². The Kier molecular flexibility index (Phi) is 16.6. The van der Waals surface area contributed by atoms with Crippen molar-refractivity contribution >= 4 is 45.6 Å². The Morgan fingerprint density at radius 1 is 1.80 bits per heavy atom. The molecule has 0 saturated carbocycles. The van der Waals surface area contributed by atoms with Gasteiger partial charge in [-0.2, -0.15) is 5.26 Å². The van der Waals surface area contributed by atoms with Crippen LogP contribution in [0.15, 0.2) is 0 Å². The van der Waals surface area contributed by atoms with E-state index in [9.17, 15) is 0 Å². The first-order valence-corrected chi connectivity index (χ1v) is 2.22. The standard InChI is InChI=1S/CClNS.Sn/c2-4-1-3;. The fourth-order valence-corrected chi connectivity index (χ4v) is 0. The van der Waals surface area contributed by atoms with Gasteiger partial charge in [0.2, 0.25) is 0 Å². The normalized spacial score (nSPS) is 4.00. The van der Waals surface area contributed by atoms with Crippen LogP contribution in [0.5, 0.6) is 0 Å². The summed E-state index contributed by atoms with van der Waals surface area (Å²) in [6, 6.07) is 0. The summed E-state index contributed by atoms with van der Waals surface area (Å²) in [4.78, 5) is 0. The third-order valence-corrected chi connectivity index (χ3v) is 0.311. The molecule has 0 spiro atoms. The van der Waals surface area contributed by atoms with Gasteiger partial charge in [-0.1, -0.05) is 0 Å². The summed E-state index contributed by atoms with van der Waals surface area (Å²) in [5, 5.41) is 9.07. The zero-order valence-corrected chi connectivity index (χ0v) is 6.66. The van der Waals surface area contributed by atoms with Crippen molar-refractivity contribution in [2.24, 2.45) is 0 Å². The van der Waals surface area contributed by atoms with Crippen molar-refractivity contribution in [2.75, 3.05) is 0 Å². The molecule has 0 fully saturated rings. The molecule has 0 aromatic carbocycles. The van der Waals surface area contributed by atoms with Crippen molar-refractivity contribution < 1.29 is 0 Å². The minimum Gasteiger partial charge on any atom is -0.184 e. The number of nitriles is 1. The van der Waals surface area contributed by atoms with Gasteiger partial charge in [-0.25, -0.2) is 0 Å². The molecule has 0 aliphatic carbocycles. The van der Waals surface area contributed by atoms with E-state index in [0.717, 1.165) is 0 Å². The SMILES string of the molecule is N#CSCl.[Sn]. The summed E-state index contributed by atoms with van der Waals surface area (Å²) < 4.78 is 0. The van der Waals surface area contributed by atoms with E-state index in [1.165, 1.54) is 0 Å². The minimum atomic E-state index is 0. The van der Waals surface area contributed by atoms with E-state index in [1.807, 2.05) is 0 Å². The molecule has 0 aromatic heterocycles. The topological polar surface area (TPSA) is 23.8 Å². The number of nitrogens with zero attached hydrogens (tertiary/aromatic N) is 1. The predicted molar refractivity (Wildman–Crippen MR) is 24.8 cm³/mol. The van der Waals surface area contributed by atoms with Gasteiger partial charge in [-0.05, 0) is 10.7 Å². The van der Waals surface area contributed by atoms with Crippen molar-refractivity contribution in [1.82, 2.24) is 0 Å². The van der Waals surface area contributed by atoms with E-state index < -0.39 is 0 Å². The molecule has 0 bridgehead atoms. The molecule has 0 saturated heterocycles. The van der Waals surface area contributed by atoms with Gasteiger partial charge < -0.3 is 0 Å². The Labute approximate surface area is 56.1 Å². The molecular weight excluding hydrogens is 212 g/mol. The maximum Gasteiger partial charge on any atom is 0.150 e. The number of halogens is 1. The van der Waals surface area contributed by atoms with Crippen LogP contribution in [0.2, 0.25) is 0 Å². The van der Waals surface area contributed by atoms with Crippen LogP contribution in [-0.2, 0) is 0 Å². The largest absolute Gasteiger partial charge is 0.184 e. The second-order valence-corrected chi connectivity index (χ2v) is 0.968. The van der Waals surface area contributed by atoms with Crippen LogP contribution in [0.1, 0.15) is 0 Å². The number of rotatable bonds is 0. The van der Waals surface area contributed by atoms with Crippen LogP contribution in [0, 0.1) is 10.7 Å². The van der Waals surface area contributed by atoms with Crippen molar-refractivity contribution in [3.05, 3.63) is 0 Å². The van der Waals surface area contributed by atoms with E-state index >= 15 is 0 Å². The zero-order chi connectivity index (χ0) is 3.41. The van der Waals surface area contributed by atoms with Gasteiger partial charge in [0.15, 0.2) is 0 Å². The average Bonchev–Trinajstić information content (AvgIpc) is 1.37. The Bertz CT molecular complexity index is 41.4. The Balaban J connectivity index is 0. The molecule has 0 rings (SSSR count). The molecule has 4 radical (unpaired) electrons. The van der Waals surface area contributed by atoms with Crippen molar-refractivity contribution in [3.63, 3.8) is 0 Å². The molecule has 0 unspecified atom stereocenters. The number of hydrogen-bond acceptors (Lipinski definition) is 2. The minimum absolute atomic E-state index is 0. The van der Waals surface area contributed by atoms with E-state index in [1.54, 1.807) is 5.40 Å². The molecule has 4 heteroatoms. The molecule has 26 valence electrons. The third kappa shape index (κ3) is 11.4. The van der Waals surface area contributed by atoms with Crippen LogP contribution in [-0.4, -0.2) is 23.9 Å². The van der Waals surface area contributed by atoms with E-state index in [-0.39, 0.29) is 23.9 Å².